The summed E-state index contributed by atoms with van der Waals surface area (Å²) >= 11 is 0. The average molecular weight is 523 g/mol. The second-order valence-corrected chi connectivity index (χ2v) is 9.10. The summed E-state index contributed by atoms with van der Waals surface area (Å²) in [5.41, 5.74) is 2.46. The smallest absolute Gasteiger partial charge is 0.229 e. The quantitative estimate of drug-likeness (QED) is 0.249. The highest BCUT2D eigenvalue weighted by Crippen LogP contribution is 2.51. The predicted molar refractivity (Wildman–Crippen MR) is 129 cm³/mol. The van der Waals surface area contributed by atoms with Gasteiger partial charge in [-0.15, -0.1) is 0 Å². The van der Waals surface area contributed by atoms with Crippen LogP contribution in [0.5, 0.6) is 23.0 Å². The highest BCUT2D eigenvalue weighted by Gasteiger charge is 2.45. The fourth-order valence-electron chi connectivity index (χ4n) is 4.78. The molecule has 1 fully saturated rings. The zero-order valence-electron chi connectivity index (χ0n) is 20.7. The Labute approximate surface area is 214 Å². The van der Waals surface area contributed by atoms with Gasteiger partial charge >= 0.3 is 0 Å². The highest BCUT2D eigenvalue weighted by atomic mass is 16.7. The van der Waals surface area contributed by atoms with Crippen LogP contribution in [0.1, 0.15) is 35.1 Å². The van der Waals surface area contributed by atoms with E-state index in [2.05, 4.69) is 0 Å². The Kier molecular flexibility index (Phi) is 8.75. The molecule has 0 saturated carbocycles. The number of hydrogen-bond donors (Lipinski definition) is 6. The minimum Gasteiger partial charge on any atom is -0.493 e. The van der Waals surface area contributed by atoms with Crippen LogP contribution < -0.4 is 18.9 Å². The van der Waals surface area contributed by atoms with Gasteiger partial charge in [0.2, 0.25) is 6.29 Å². The summed E-state index contributed by atoms with van der Waals surface area (Å²) in [6, 6.07) is 8.81. The molecule has 0 amide bonds. The first-order valence-electron chi connectivity index (χ1n) is 12.1. The summed E-state index contributed by atoms with van der Waals surface area (Å²) in [5.74, 6) is 1.16. The molecule has 11 heteroatoms. The summed E-state index contributed by atoms with van der Waals surface area (Å²) in [6.07, 6.45) is -6.42. The van der Waals surface area contributed by atoms with Crippen molar-refractivity contribution in [1.29, 1.82) is 0 Å². The topological polar surface area (TPSA) is 168 Å². The van der Waals surface area contributed by atoms with Gasteiger partial charge in [-0.1, -0.05) is 12.1 Å². The van der Waals surface area contributed by atoms with Crippen LogP contribution in [0.2, 0.25) is 0 Å². The van der Waals surface area contributed by atoms with Gasteiger partial charge in [-0.3, -0.25) is 0 Å². The molecule has 2 unspecified atom stereocenters. The number of fused-ring (bicyclic) bond motifs is 1. The monoisotopic (exact) mass is 522 g/mol. The number of rotatable bonds is 10. The van der Waals surface area contributed by atoms with Gasteiger partial charge in [-0.2, -0.15) is 0 Å². The first kappa shape index (κ1) is 27.4. The Bertz CT molecular complexity index is 1060. The lowest BCUT2D eigenvalue weighted by molar-refractivity contribution is -0.277. The number of aryl methyl sites for hydroxylation is 1. The van der Waals surface area contributed by atoms with Crippen molar-refractivity contribution in [2.24, 2.45) is 0 Å². The molecular formula is C26H34O11. The molecular weight excluding hydrogens is 488 g/mol. The maximum Gasteiger partial charge on any atom is 0.229 e. The van der Waals surface area contributed by atoms with Gasteiger partial charge in [0, 0.05) is 12.2 Å². The van der Waals surface area contributed by atoms with E-state index in [1.165, 1.54) is 7.11 Å². The predicted octanol–water partition coefficient (Wildman–Crippen LogP) is 0.0170. The third-order valence-electron chi connectivity index (χ3n) is 6.80. The van der Waals surface area contributed by atoms with E-state index < -0.39 is 43.4 Å². The fourth-order valence-corrected chi connectivity index (χ4v) is 4.78. The Hall–Kier alpha value is -2.64. The van der Waals surface area contributed by atoms with Crippen molar-refractivity contribution in [2.45, 2.75) is 55.6 Å². The molecule has 204 valence electrons. The molecule has 2 aromatic rings. The van der Waals surface area contributed by atoms with Gasteiger partial charge in [0.25, 0.3) is 0 Å². The van der Waals surface area contributed by atoms with Crippen LogP contribution in [0.3, 0.4) is 0 Å². The Morgan fingerprint density at radius 3 is 2.24 bits per heavy atom. The van der Waals surface area contributed by atoms with Crippen molar-refractivity contribution in [3.05, 3.63) is 47.0 Å². The molecule has 0 spiro atoms. The minimum atomic E-state index is -1.57. The number of aliphatic hydroxyl groups is 6. The van der Waals surface area contributed by atoms with E-state index in [-0.39, 0.29) is 30.6 Å². The van der Waals surface area contributed by atoms with Crippen LogP contribution in [0, 0.1) is 0 Å². The molecule has 1 saturated heterocycles. The second-order valence-electron chi connectivity index (χ2n) is 9.10. The molecule has 0 radical (unpaired) electrons. The summed E-state index contributed by atoms with van der Waals surface area (Å²) in [7, 11) is 2.98. The Morgan fingerprint density at radius 2 is 1.59 bits per heavy atom. The van der Waals surface area contributed by atoms with Gasteiger partial charge in [0.15, 0.2) is 23.0 Å². The third-order valence-corrected chi connectivity index (χ3v) is 6.80. The van der Waals surface area contributed by atoms with Crippen LogP contribution in [0.4, 0.5) is 0 Å². The van der Waals surface area contributed by atoms with E-state index in [9.17, 15) is 30.6 Å². The first-order valence-corrected chi connectivity index (χ1v) is 12.1. The minimum absolute atomic E-state index is 0.0687. The number of hydrogen-bond acceptors (Lipinski definition) is 11. The maximum absolute atomic E-state index is 10.3. The van der Waals surface area contributed by atoms with Crippen molar-refractivity contribution < 1.29 is 54.3 Å². The van der Waals surface area contributed by atoms with Crippen molar-refractivity contribution in [3.63, 3.8) is 0 Å². The summed E-state index contributed by atoms with van der Waals surface area (Å²) in [6.45, 7) is -0.691. The van der Waals surface area contributed by atoms with E-state index >= 15 is 0 Å². The summed E-state index contributed by atoms with van der Waals surface area (Å²) < 4.78 is 28.5. The zero-order chi connectivity index (χ0) is 26.7. The van der Waals surface area contributed by atoms with E-state index in [1.807, 2.05) is 12.1 Å². The van der Waals surface area contributed by atoms with Crippen LogP contribution in [-0.2, 0) is 11.2 Å². The van der Waals surface area contributed by atoms with Crippen molar-refractivity contribution in [2.75, 3.05) is 34.0 Å². The molecule has 0 aromatic heterocycles. The van der Waals surface area contributed by atoms with Crippen LogP contribution in [0.25, 0.3) is 0 Å². The van der Waals surface area contributed by atoms with Crippen molar-refractivity contribution in [3.8, 4) is 23.0 Å². The molecule has 6 N–H and O–H groups in total. The number of benzene rings is 2. The fraction of sp³-hybridized carbons (Fsp3) is 0.538. The number of ether oxygens (including phenoxy) is 5. The molecule has 11 nitrogen and oxygen atoms in total. The maximum atomic E-state index is 10.3. The Balaban J connectivity index is 1.60. The first-order chi connectivity index (χ1) is 17.9. The SMILES string of the molecule is COc1cc(C2Oc3c(OC)cc(CCCO)cc3C2CO)ccc1O[C@@H]1O[C@H](CO)[C@@H](O)[C@@H](O)[C@H]1O. The van der Waals surface area contributed by atoms with Gasteiger partial charge in [-0.05, 0) is 42.2 Å². The number of methoxy groups -OCH3 is 2. The lowest BCUT2D eigenvalue weighted by Crippen LogP contribution is -2.60. The Morgan fingerprint density at radius 1 is 0.838 bits per heavy atom. The van der Waals surface area contributed by atoms with Crippen molar-refractivity contribution >= 4 is 0 Å². The lowest BCUT2D eigenvalue weighted by atomic mass is 9.90. The molecule has 0 aliphatic carbocycles. The van der Waals surface area contributed by atoms with E-state index in [4.69, 9.17) is 23.7 Å². The van der Waals surface area contributed by atoms with Gasteiger partial charge in [0.05, 0.1) is 33.4 Å². The summed E-state index contributed by atoms with van der Waals surface area (Å²) in [4.78, 5) is 0. The third kappa shape index (κ3) is 5.34. The lowest BCUT2D eigenvalue weighted by Gasteiger charge is -2.39. The van der Waals surface area contributed by atoms with Crippen LogP contribution in [0.15, 0.2) is 30.3 Å². The van der Waals surface area contributed by atoms with Crippen molar-refractivity contribution in [1.82, 2.24) is 0 Å². The average Bonchev–Trinajstić information content (AvgIpc) is 3.30. The standard InChI is InChI=1S/C26H34O11/c1-33-18-10-14(5-6-17(18)35-26-23(32)22(31)21(30)20(12-29)36-26)24-16(11-28)15-8-13(4-3-7-27)9-19(34-2)25(15)37-24/h5-6,8-10,16,20-24,26-32H,3-4,7,11-12H2,1-2H3/t16?,20-,21-,22-,23-,24?,26-/m1/s1. The molecule has 7 atom stereocenters. The van der Waals surface area contributed by atoms with Gasteiger partial charge < -0.3 is 54.3 Å². The molecule has 2 heterocycles. The molecule has 37 heavy (non-hydrogen) atoms. The largest absolute Gasteiger partial charge is 0.493 e. The molecule has 2 aliphatic heterocycles. The van der Waals surface area contributed by atoms with E-state index in [1.54, 1.807) is 25.3 Å². The molecule has 4 rings (SSSR count). The molecule has 2 aliphatic rings. The van der Waals surface area contributed by atoms with Crippen LogP contribution >= 0.6 is 0 Å². The summed E-state index contributed by atoms with van der Waals surface area (Å²) in [5, 5.41) is 59.2. The zero-order valence-corrected chi connectivity index (χ0v) is 20.7. The second kappa shape index (κ2) is 11.8. The van der Waals surface area contributed by atoms with Gasteiger partial charge in [0.1, 0.15) is 30.5 Å². The van der Waals surface area contributed by atoms with Gasteiger partial charge in [-0.25, -0.2) is 0 Å². The normalized spacial score (nSPS) is 28.9. The van der Waals surface area contributed by atoms with Crippen LogP contribution in [-0.4, -0.2) is 95.4 Å². The molecule has 0 bridgehead atoms. The van der Waals surface area contributed by atoms with E-state index in [0.717, 1.165) is 11.1 Å². The highest BCUT2D eigenvalue weighted by molar-refractivity contribution is 5.56. The molecule has 2 aromatic carbocycles. The number of aliphatic hydroxyl groups excluding tert-OH is 6. The van der Waals surface area contributed by atoms with E-state index in [0.29, 0.717) is 29.9 Å².